The molecule has 6 nitrogen and oxygen atoms in total. The fourth-order valence-electron chi connectivity index (χ4n) is 1.05. The summed E-state index contributed by atoms with van der Waals surface area (Å²) in [5, 5.41) is 4.29. The first-order valence-corrected chi connectivity index (χ1v) is 6.75. The summed E-state index contributed by atoms with van der Waals surface area (Å²) < 4.78 is 4.58. The van der Waals surface area contributed by atoms with Crippen molar-refractivity contribution in [1.82, 2.24) is 10.6 Å². The number of ether oxygens (including phenoxy) is 1. The van der Waals surface area contributed by atoms with E-state index in [9.17, 15) is 14.4 Å². The normalized spacial score (nSPS) is 13.3. The van der Waals surface area contributed by atoms with Crippen LogP contribution in [0.3, 0.4) is 0 Å². The largest absolute Gasteiger partial charge is 0.469 e. The van der Waals surface area contributed by atoms with Gasteiger partial charge in [-0.2, -0.15) is 0 Å². The molecule has 0 aliphatic heterocycles. The molecule has 0 heterocycles. The summed E-state index contributed by atoms with van der Waals surface area (Å²) in [6.07, 6.45) is 0. The third-order valence-corrected chi connectivity index (χ3v) is 3.55. The Kier molecular flexibility index (Phi) is 8.19. The first kappa shape index (κ1) is 16.8. The number of imide groups is 1. The molecule has 0 rings (SSSR count). The molecule has 0 aliphatic carbocycles. The molecule has 0 spiro atoms. The maximum Gasteiger partial charge on any atom is 0.321 e. The van der Waals surface area contributed by atoms with E-state index < -0.39 is 11.3 Å². The van der Waals surface area contributed by atoms with Crippen molar-refractivity contribution in [3.8, 4) is 0 Å². The van der Waals surface area contributed by atoms with Crippen LogP contribution >= 0.6 is 11.8 Å². The quantitative estimate of drug-likeness (QED) is 0.700. The minimum Gasteiger partial charge on any atom is -0.469 e. The Morgan fingerprint density at radius 2 is 1.89 bits per heavy atom. The van der Waals surface area contributed by atoms with E-state index in [1.54, 1.807) is 20.8 Å². The van der Waals surface area contributed by atoms with Gasteiger partial charge in [0.2, 0.25) is 5.91 Å². The van der Waals surface area contributed by atoms with E-state index in [1.165, 1.54) is 18.9 Å². The summed E-state index contributed by atoms with van der Waals surface area (Å²) in [7, 11) is 1.33. The summed E-state index contributed by atoms with van der Waals surface area (Å²) in [5.74, 6) is -0.488. The molecule has 0 aromatic carbocycles. The molecule has 0 aliphatic rings. The Morgan fingerprint density at radius 1 is 1.28 bits per heavy atom. The Hall–Kier alpha value is -1.24. The van der Waals surface area contributed by atoms with Crippen molar-refractivity contribution in [2.75, 3.05) is 19.4 Å². The lowest BCUT2D eigenvalue weighted by atomic mass is 10.2. The van der Waals surface area contributed by atoms with Gasteiger partial charge in [-0.3, -0.25) is 14.9 Å². The molecule has 0 saturated heterocycles. The number of rotatable bonds is 6. The molecule has 7 heteroatoms. The average Bonchev–Trinajstić information content (AvgIpc) is 2.34. The summed E-state index contributed by atoms with van der Waals surface area (Å²) in [6.45, 7) is 5.64. The minimum atomic E-state index is -0.504. The molecule has 3 amide bonds. The molecule has 104 valence electrons. The standard InChI is InChI=1S/C11H20N2O4S/c1-5-12-11(16)13-9(14)8(3)18-6-7(2)10(15)17-4/h7-8H,5-6H2,1-4H3,(H2,12,13,14,16). The zero-order chi connectivity index (χ0) is 14.1. The number of thioether (sulfide) groups is 1. The Bertz CT molecular complexity index is 309. The van der Waals surface area contributed by atoms with Crippen molar-refractivity contribution in [3.63, 3.8) is 0 Å². The van der Waals surface area contributed by atoms with E-state index in [1.807, 2.05) is 0 Å². The Morgan fingerprint density at radius 3 is 2.39 bits per heavy atom. The van der Waals surface area contributed by atoms with Crippen LogP contribution in [0.2, 0.25) is 0 Å². The highest BCUT2D eigenvalue weighted by Crippen LogP contribution is 2.15. The SMILES string of the molecule is CCNC(=O)NC(=O)C(C)SCC(C)C(=O)OC. The van der Waals surface area contributed by atoms with Gasteiger partial charge in [0.15, 0.2) is 0 Å². The molecule has 2 unspecified atom stereocenters. The van der Waals surface area contributed by atoms with E-state index in [-0.39, 0.29) is 17.8 Å². The second-order valence-electron chi connectivity index (χ2n) is 3.75. The monoisotopic (exact) mass is 276 g/mol. The van der Waals surface area contributed by atoms with E-state index >= 15 is 0 Å². The van der Waals surface area contributed by atoms with E-state index in [4.69, 9.17) is 0 Å². The molecule has 0 bridgehead atoms. The lowest BCUT2D eigenvalue weighted by Gasteiger charge is -2.13. The lowest BCUT2D eigenvalue weighted by molar-refractivity contribution is -0.144. The van der Waals surface area contributed by atoms with Crippen LogP contribution in [0.15, 0.2) is 0 Å². The fourth-order valence-corrected chi connectivity index (χ4v) is 1.98. The van der Waals surface area contributed by atoms with Crippen molar-refractivity contribution in [2.45, 2.75) is 26.0 Å². The van der Waals surface area contributed by atoms with Crippen molar-refractivity contribution in [2.24, 2.45) is 5.92 Å². The first-order chi connectivity index (χ1) is 8.42. The van der Waals surface area contributed by atoms with Crippen molar-refractivity contribution >= 4 is 29.7 Å². The third kappa shape index (κ3) is 6.48. The second kappa shape index (κ2) is 8.79. The van der Waals surface area contributed by atoms with Crippen LogP contribution < -0.4 is 10.6 Å². The number of carbonyl (C=O) groups is 3. The van der Waals surface area contributed by atoms with Crippen molar-refractivity contribution in [1.29, 1.82) is 0 Å². The molecule has 2 N–H and O–H groups in total. The third-order valence-electron chi connectivity index (χ3n) is 2.14. The van der Waals surface area contributed by atoms with Gasteiger partial charge >= 0.3 is 12.0 Å². The number of hydrogen-bond acceptors (Lipinski definition) is 5. The van der Waals surface area contributed by atoms with Gasteiger partial charge in [0, 0.05) is 12.3 Å². The highest BCUT2D eigenvalue weighted by atomic mass is 32.2. The molecule has 0 aromatic heterocycles. The van der Waals surface area contributed by atoms with Crippen LogP contribution in [0, 0.1) is 5.92 Å². The van der Waals surface area contributed by atoms with Gasteiger partial charge in [0.1, 0.15) is 0 Å². The molecule has 0 saturated carbocycles. The van der Waals surface area contributed by atoms with Crippen LogP contribution in [-0.4, -0.2) is 42.6 Å². The van der Waals surface area contributed by atoms with Gasteiger partial charge in [-0.05, 0) is 13.8 Å². The van der Waals surface area contributed by atoms with Crippen molar-refractivity contribution < 1.29 is 19.1 Å². The van der Waals surface area contributed by atoms with E-state index in [0.717, 1.165) is 0 Å². The lowest BCUT2D eigenvalue weighted by Crippen LogP contribution is -2.42. The average molecular weight is 276 g/mol. The highest BCUT2D eigenvalue weighted by Gasteiger charge is 2.19. The summed E-state index contributed by atoms with van der Waals surface area (Å²) >= 11 is 1.30. The van der Waals surface area contributed by atoms with Gasteiger partial charge in [0.25, 0.3) is 0 Å². The second-order valence-corrected chi connectivity index (χ2v) is 5.12. The zero-order valence-corrected chi connectivity index (χ0v) is 11.9. The van der Waals surface area contributed by atoms with Crippen LogP contribution in [0.5, 0.6) is 0 Å². The van der Waals surface area contributed by atoms with Gasteiger partial charge in [-0.15, -0.1) is 11.8 Å². The number of methoxy groups -OCH3 is 1. The Labute approximate surface area is 111 Å². The molecule has 18 heavy (non-hydrogen) atoms. The maximum absolute atomic E-state index is 11.6. The molecule has 0 aromatic rings. The highest BCUT2D eigenvalue weighted by molar-refractivity contribution is 8.00. The molecule has 0 fully saturated rings. The summed E-state index contributed by atoms with van der Waals surface area (Å²) in [6, 6.07) is -0.504. The van der Waals surface area contributed by atoms with Gasteiger partial charge < -0.3 is 10.1 Å². The fraction of sp³-hybridized carbons (Fsp3) is 0.727. The van der Waals surface area contributed by atoms with Gasteiger partial charge in [0.05, 0.1) is 18.3 Å². The zero-order valence-electron chi connectivity index (χ0n) is 11.1. The van der Waals surface area contributed by atoms with Crippen LogP contribution in [0.1, 0.15) is 20.8 Å². The van der Waals surface area contributed by atoms with Crippen molar-refractivity contribution in [3.05, 3.63) is 0 Å². The molecule has 2 atom stereocenters. The predicted octanol–water partition coefficient (Wildman–Crippen LogP) is 0.763. The van der Waals surface area contributed by atoms with E-state index in [0.29, 0.717) is 12.3 Å². The van der Waals surface area contributed by atoms with Crippen LogP contribution in [0.25, 0.3) is 0 Å². The summed E-state index contributed by atoms with van der Waals surface area (Å²) in [4.78, 5) is 33.9. The number of nitrogens with one attached hydrogen (secondary N) is 2. The molecular weight excluding hydrogens is 256 g/mol. The summed E-state index contributed by atoms with van der Waals surface area (Å²) in [5.41, 5.74) is 0. The minimum absolute atomic E-state index is 0.278. The van der Waals surface area contributed by atoms with E-state index in [2.05, 4.69) is 15.4 Å². The predicted molar refractivity (Wildman–Crippen MR) is 70.3 cm³/mol. The maximum atomic E-state index is 11.6. The Balaban J connectivity index is 4.01. The van der Waals surface area contributed by atoms with Crippen LogP contribution in [-0.2, 0) is 14.3 Å². The number of urea groups is 1. The molecular formula is C11H20N2O4S. The van der Waals surface area contributed by atoms with Gasteiger partial charge in [-0.1, -0.05) is 6.92 Å². The number of carbonyl (C=O) groups excluding carboxylic acids is 3. The molecule has 0 radical (unpaired) electrons. The first-order valence-electron chi connectivity index (χ1n) is 5.70. The van der Waals surface area contributed by atoms with Crippen LogP contribution in [0.4, 0.5) is 4.79 Å². The van der Waals surface area contributed by atoms with Gasteiger partial charge in [-0.25, -0.2) is 4.79 Å². The topological polar surface area (TPSA) is 84.5 Å². The smallest absolute Gasteiger partial charge is 0.321 e. The number of amides is 3. The number of hydrogen-bond donors (Lipinski definition) is 2. The number of esters is 1.